The lowest BCUT2D eigenvalue weighted by Crippen LogP contribution is -2.63. The van der Waals surface area contributed by atoms with Crippen LogP contribution in [0.1, 0.15) is 27.2 Å². The fourth-order valence-corrected chi connectivity index (χ4v) is 2.89. The largest absolute Gasteiger partial charge is 0.300 e. The topological polar surface area (TPSA) is 9.72 Å². The Kier molecular flexibility index (Phi) is 4.22. The SMILES string of the molecule is CCCN1CC(N2CCN(C(C)C)CC2)C1. The number of hydrogen-bond acceptors (Lipinski definition) is 3. The molecule has 0 spiro atoms. The molecule has 3 nitrogen and oxygen atoms in total. The molecule has 0 bridgehead atoms. The van der Waals surface area contributed by atoms with Crippen molar-refractivity contribution >= 4 is 0 Å². The van der Waals surface area contributed by atoms with E-state index >= 15 is 0 Å². The molecule has 2 fully saturated rings. The number of piperazine rings is 1. The molecule has 0 N–H and O–H groups in total. The van der Waals surface area contributed by atoms with Gasteiger partial charge in [0.15, 0.2) is 0 Å². The molecule has 0 aromatic carbocycles. The van der Waals surface area contributed by atoms with Gasteiger partial charge in [0.25, 0.3) is 0 Å². The van der Waals surface area contributed by atoms with Crippen LogP contribution >= 0.6 is 0 Å². The molecule has 94 valence electrons. The van der Waals surface area contributed by atoms with Crippen molar-refractivity contribution in [3.05, 3.63) is 0 Å². The highest BCUT2D eigenvalue weighted by Crippen LogP contribution is 2.17. The van der Waals surface area contributed by atoms with Crippen molar-refractivity contribution in [3.63, 3.8) is 0 Å². The van der Waals surface area contributed by atoms with Crippen LogP contribution in [0, 0.1) is 0 Å². The molecule has 2 saturated heterocycles. The van der Waals surface area contributed by atoms with Gasteiger partial charge in [0, 0.05) is 51.4 Å². The van der Waals surface area contributed by atoms with Crippen molar-refractivity contribution in [1.29, 1.82) is 0 Å². The second-order valence-corrected chi connectivity index (χ2v) is 5.58. The summed E-state index contributed by atoms with van der Waals surface area (Å²) in [4.78, 5) is 7.88. The Morgan fingerprint density at radius 2 is 1.69 bits per heavy atom. The van der Waals surface area contributed by atoms with Crippen LogP contribution in [-0.4, -0.2) is 72.6 Å². The van der Waals surface area contributed by atoms with E-state index in [0.29, 0.717) is 0 Å². The van der Waals surface area contributed by atoms with Crippen LogP contribution in [0.2, 0.25) is 0 Å². The van der Waals surface area contributed by atoms with E-state index < -0.39 is 0 Å². The predicted molar refractivity (Wildman–Crippen MR) is 68.8 cm³/mol. The van der Waals surface area contributed by atoms with E-state index in [4.69, 9.17) is 0 Å². The van der Waals surface area contributed by atoms with Crippen LogP contribution in [-0.2, 0) is 0 Å². The number of hydrogen-bond donors (Lipinski definition) is 0. The molecular weight excluding hydrogens is 198 g/mol. The molecule has 2 rings (SSSR count). The van der Waals surface area contributed by atoms with Crippen LogP contribution in [0.3, 0.4) is 0 Å². The average Bonchev–Trinajstić information content (AvgIpc) is 2.23. The average molecular weight is 225 g/mol. The van der Waals surface area contributed by atoms with Crippen molar-refractivity contribution in [2.75, 3.05) is 45.8 Å². The Hall–Kier alpha value is -0.120. The highest BCUT2D eigenvalue weighted by molar-refractivity contribution is 4.90. The number of rotatable bonds is 4. The van der Waals surface area contributed by atoms with E-state index in [9.17, 15) is 0 Å². The van der Waals surface area contributed by atoms with Crippen LogP contribution < -0.4 is 0 Å². The first kappa shape index (κ1) is 12.3. The number of likely N-dealkylation sites (tertiary alicyclic amines) is 1. The summed E-state index contributed by atoms with van der Waals surface area (Å²) in [6, 6.07) is 1.58. The predicted octanol–water partition coefficient (Wildman–Crippen LogP) is 1.11. The molecule has 2 aliphatic heterocycles. The fourth-order valence-electron chi connectivity index (χ4n) is 2.89. The molecule has 0 radical (unpaired) electrons. The van der Waals surface area contributed by atoms with Gasteiger partial charge >= 0.3 is 0 Å². The normalized spacial score (nSPS) is 26.2. The Bertz CT molecular complexity index is 203. The third-order valence-electron chi connectivity index (χ3n) is 4.07. The van der Waals surface area contributed by atoms with Gasteiger partial charge in [0.05, 0.1) is 0 Å². The molecule has 0 saturated carbocycles. The van der Waals surface area contributed by atoms with E-state index in [2.05, 4.69) is 35.5 Å². The van der Waals surface area contributed by atoms with E-state index in [1.807, 2.05) is 0 Å². The maximum Gasteiger partial charge on any atom is 0.0351 e. The zero-order valence-corrected chi connectivity index (χ0v) is 11.2. The molecule has 0 amide bonds. The third-order valence-corrected chi connectivity index (χ3v) is 4.07. The minimum absolute atomic E-state index is 0.722. The zero-order chi connectivity index (χ0) is 11.5. The summed E-state index contributed by atoms with van der Waals surface area (Å²) in [6.07, 6.45) is 1.30. The van der Waals surface area contributed by atoms with Crippen LogP contribution in [0.25, 0.3) is 0 Å². The van der Waals surface area contributed by atoms with Gasteiger partial charge in [-0.05, 0) is 26.8 Å². The lowest BCUT2D eigenvalue weighted by molar-refractivity contribution is -0.000286. The molecule has 2 aliphatic rings. The van der Waals surface area contributed by atoms with Crippen molar-refractivity contribution < 1.29 is 0 Å². The summed E-state index contributed by atoms with van der Waals surface area (Å²) >= 11 is 0. The van der Waals surface area contributed by atoms with Gasteiger partial charge < -0.3 is 4.90 Å². The van der Waals surface area contributed by atoms with E-state index in [-0.39, 0.29) is 0 Å². The number of nitrogens with zero attached hydrogens (tertiary/aromatic N) is 3. The standard InChI is InChI=1S/C13H27N3/c1-4-5-14-10-13(11-14)16-8-6-15(7-9-16)12(2)3/h12-13H,4-11H2,1-3H3. The van der Waals surface area contributed by atoms with Crippen LogP contribution in [0.5, 0.6) is 0 Å². The first-order chi connectivity index (χ1) is 7.70. The van der Waals surface area contributed by atoms with E-state index in [1.54, 1.807) is 0 Å². The molecule has 16 heavy (non-hydrogen) atoms. The molecule has 0 atom stereocenters. The Morgan fingerprint density at radius 1 is 1.06 bits per heavy atom. The first-order valence-electron chi connectivity index (χ1n) is 6.91. The lowest BCUT2D eigenvalue weighted by Gasteiger charge is -2.48. The summed E-state index contributed by atoms with van der Waals surface area (Å²) < 4.78 is 0. The maximum atomic E-state index is 2.70. The van der Waals surface area contributed by atoms with Gasteiger partial charge in [-0.15, -0.1) is 0 Å². The third kappa shape index (κ3) is 2.76. The summed E-state index contributed by atoms with van der Waals surface area (Å²) in [5, 5.41) is 0. The minimum atomic E-state index is 0.722. The smallest absolute Gasteiger partial charge is 0.0351 e. The van der Waals surface area contributed by atoms with Gasteiger partial charge in [-0.25, -0.2) is 0 Å². The molecular formula is C13H27N3. The molecule has 0 aliphatic carbocycles. The van der Waals surface area contributed by atoms with Gasteiger partial charge in [-0.3, -0.25) is 9.80 Å². The van der Waals surface area contributed by atoms with Gasteiger partial charge in [0.1, 0.15) is 0 Å². The summed E-state index contributed by atoms with van der Waals surface area (Å²) in [6.45, 7) is 15.9. The maximum absolute atomic E-state index is 2.70. The fraction of sp³-hybridized carbons (Fsp3) is 1.00. The summed E-state index contributed by atoms with van der Waals surface area (Å²) in [5.41, 5.74) is 0. The molecule has 3 heteroatoms. The monoisotopic (exact) mass is 225 g/mol. The highest BCUT2D eigenvalue weighted by Gasteiger charge is 2.32. The lowest BCUT2D eigenvalue weighted by atomic mass is 10.1. The van der Waals surface area contributed by atoms with E-state index in [0.717, 1.165) is 12.1 Å². The van der Waals surface area contributed by atoms with Crippen molar-refractivity contribution in [2.45, 2.75) is 39.3 Å². The second-order valence-electron chi connectivity index (χ2n) is 5.58. The Morgan fingerprint density at radius 3 is 2.19 bits per heavy atom. The Labute approximate surface area is 100 Å². The van der Waals surface area contributed by atoms with Crippen molar-refractivity contribution in [3.8, 4) is 0 Å². The Balaban J connectivity index is 1.67. The second kappa shape index (κ2) is 5.48. The van der Waals surface area contributed by atoms with Gasteiger partial charge in [-0.1, -0.05) is 6.92 Å². The summed E-state index contributed by atoms with van der Waals surface area (Å²) in [7, 11) is 0. The van der Waals surface area contributed by atoms with E-state index in [1.165, 1.54) is 52.2 Å². The molecule has 2 heterocycles. The summed E-state index contributed by atoms with van der Waals surface area (Å²) in [5.74, 6) is 0. The molecule has 0 unspecified atom stereocenters. The zero-order valence-electron chi connectivity index (χ0n) is 11.2. The van der Waals surface area contributed by atoms with Crippen molar-refractivity contribution in [1.82, 2.24) is 14.7 Å². The minimum Gasteiger partial charge on any atom is -0.300 e. The van der Waals surface area contributed by atoms with Gasteiger partial charge in [0.2, 0.25) is 0 Å². The quantitative estimate of drug-likeness (QED) is 0.709. The van der Waals surface area contributed by atoms with Gasteiger partial charge in [-0.2, -0.15) is 0 Å². The van der Waals surface area contributed by atoms with Crippen LogP contribution in [0.15, 0.2) is 0 Å². The molecule has 0 aromatic rings. The molecule has 0 aromatic heterocycles. The van der Waals surface area contributed by atoms with Crippen LogP contribution in [0.4, 0.5) is 0 Å². The highest BCUT2D eigenvalue weighted by atomic mass is 15.3. The van der Waals surface area contributed by atoms with Crippen molar-refractivity contribution in [2.24, 2.45) is 0 Å². The first-order valence-corrected chi connectivity index (χ1v) is 6.91.